The average Bonchev–Trinajstić information content (AvgIpc) is 2.59. The zero-order valence-electron chi connectivity index (χ0n) is 13.1. The van der Waals surface area contributed by atoms with E-state index in [1.807, 2.05) is 0 Å². The summed E-state index contributed by atoms with van der Waals surface area (Å²) < 4.78 is 19.6. The van der Waals surface area contributed by atoms with Crippen molar-refractivity contribution in [3.8, 4) is 11.8 Å². The van der Waals surface area contributed by atoms with Gasteiger partial charge in [0.05, 0.1) is 6.61 Å². The van der Waals surface area contributed by atoms with E-state index >= 15 is 0 Å². The van der Waals surface area contributed by atoms with Gasteiger partial charge in [-0.15, -0.1) is 0 Å². The Kier molecular flexibility index (Phi) is 4.69. The predicted molar refractivity (Wildman–Crippen MR) is 89.4 cm³/mol. The number of rotatable bonds is 3. The van der Waals surface area contributed by atoms with E-state index in [9.17, 15) is 9.18 Å². The molecule has 2 heterocycles. The Morgan fingerprint density at radius 2 is 2.00 bits per heavy atom. The van der Waals surface area contributed by atoms with Crippen LogP contribution in [-0.4, -0.2) is 23.1 Å². The molecule has 0 spiro atoms. The number of hydrogen-bond acceptors (Lipinski definition) is 3. The summed E-state index contributed by atoms with van der Waals surface area (Å²) in [6.07, 6.45) is 3.74. The minimum atomic E-state index is -0.322. The zero-order valence-corrected chi connectivity index (χ0v) is 13.1. The highest BCUT2D eigenvalue weighted by molar-refractivity contribution is 5.49. The predicted octanol–water partition coefficient (Wildman–Crippen LogP) is 2.42. The lowest BCUT2D eigenvalue weighted by molar-refractivity contribution is 0.202. The van der Waals surface area contributed by atoms with E-state index in [-0.39, 0.29) is 11.4 Å². The van der Waals surface area contributed by atoms with Crippen LogP contribution >= 0.6 is 0 Å². The molecular weight excluding hydrogens is 307 g/mol. The number of benzene rings is 1. The normalized spacial score (nSPS) is 10.4. The number of fused-ring (bicyclic) bond motifs is 1. The third-order valence-electron chi connectivity index (χ3n) is 3.53. The molecule has 5 heteroatoms. The smallest absolute Gasteiger partial charge is 0.261 e. The number of nitrogens with zero attached hydrogens (tertiary/aromatic N) is 2. The molecular formula is C19H15FN2O2. The fourth-order valence-electron chi connectivity index (χ4n) is 2.28. The van der Waals surface area contributed by atoms with Gasteiger partial charge in [0.15, 0.2) is 0 Å². The molecule has 0 saturated carbocycles. The topological polar surface area (TPSA) is 43.6 Å². The van der Waals surface area contributed by atoms with Gasteiger partial charge in [-0.05, 0) is 30.3 Å². The highest BCUT2D eigenvalue weighted by Crippen LogP contribution is 2.05. The Morgan fingerprint density at radius 1 is 1.21 bits per heavy atom. The van der Waals surface area contributed by atoms with Crippen LogP contribution in [0.25, 0.3) is 5.65 Å². The summed E-state index contributed by atoms with van der Waals surface area (Å²) in [7, 11) is 1.59. The molecule has 0 fully saturated rings. The maximum atomic E-state index is 13.1. The maximum Gasteiger partial charge on any atom is 0.261 e. The van der Waals surface area contributed by atoms with Crippen molar-refractivity contribution < 1.29 is 9.13 Å². The van der Waals surface area contributed by atoms with Crippen molar-refractivity contribution in [1.29, 1.82) is 0 Å². The van der Waals surface area contributed by atoms with Gasteiger partial charge in [-0.3, -0.25) is 9.20 Å². The molecule has 120 valence electrons. The van der Waals surface area contributed by atoms with Crippen molar-refractivity contribution in [1.82, 2.24) is 9.38 Å². The summed E-state index contributed by atoms with van der Waals surface area (Å²) in [6.45, 7) is 0.472. The minimum absolute atomic E-state index is 0.110. The molecule has 2 aromatic heterocycles. The summed E-state index contributed by atoms with van der Waals surface area (Å²) in [5, 5.41) is 0. The van der Waals surface area contributed by atoms with Gasteiger partial charge >= 0.3 is 0 Å². The summed E-state index contributed by atoms with van der Waals surface area (Å²) in [4.78, 5) is 16.7. The molecule has 3 rings (SSSR count). The van der Waals surface area contributed by atoms with Gasteiger partial charge < -0.3 is 4.74 Å². The molecule has 0 aliphatic heterocycles. The van der Waals surface area contributed by atoms with Crippen LogP contribution in [0.5, 0.6) is 0 Å². The lowest BCUT2D eigenvalue weighted by Crippen LogP contribution is -2.20. The van der Waals surface area contributed by atoms with Crippen molar-refractivity contribution >= 4 is 5.65 Å². The Balaban J connectivity index is 1.94. The standard InChI is InChI=1S/C19H15FN2O2/c1-24-10-8-16-13-21-18-12-15(7-9-22(18)19(16)23)6-5-14-3-2-4-17(20)11-14/h2-4,7,9,11-13H,8,10H2,1H3. The summed E-state index contributed by atoms with van der Waals surface area (Å²) in [6, 6.07) is 9.57. The first-order valence-corrected chi connectivity index (χ1v) is 7.44. The maximum absolute atomic E-state index is 13.1. The largest absolute Gasteiger partial charge is 0.384 e. The number of pyridine rings is 1. The molecule has 24 heavy (non-hydrogen) atoms. The van der Waals surface area contributed by atoms with E-state index in [4.69, 9.17) is 4.74 Å². The van der Waals surface area contributed by atoms with Crippen LogP contribution in [-0.2, 0) is 11.2 Å². The highest BCUT2D eigenvalue weighted by atomic mass is 19.1. The third-order valence-corrected chi connectivity index (χ3v) is 3.53. The fourth-order valence-corrected chi connectivity index (χ4v) is 2.28. The van der Waals surface area contributed by atoms with E-state index in [1.54, 1.807) is 43.8 Å². The van der Waals surface area contributed by atoms with Crippen LogP contribution in [0.15, 0.2) is 53.6 Å². The molecule has 0 aliphatic carbocycles. The quantitative estimate of drug-likeness (QED) is 0.696. The van der Waals surface area contributed by atoms with Crippen molar-refractivity contribution in [3.63, 3.8) is 0 Å². The van der Waals surface area contributed by atoms with Gasteiger partial charge in [-0.25, -0.2) is 9.37 Å². The van der Waals surface area contributed by atoms with Crippen molar-refractivity contribution in [2.24, 2.45) is 0 Å². The van der Waals surface area contributed by atoms with E-state index in [0.29, 0.717) is 35.4 Å². The second kappa shape index (κ2) is 7.07. The van der Waals surface area contributed by atoms with Crippen molar-refractivity contribution in [2.45, 2.75) is 6.42 Å². The van der Waals surface area contributed by atoms with Crippen LogP contribution in [0.3, 0.4) is 0 Å². The Hall–Kier alpha value is -2.97. The van der Waals surface area contributed by atoms with Crippen molar-refractivity contribution in [2.75, 3.05) is 13.7 Å². The molecule has 1 aromatic carbocycles. The molecule has 0 aliphatic rings. The van der Waals surface area contributed by atoms with E-state index in [2.05, 4.69) is 16.8 Å². The molecule has 0 N–H and O–H groups in total. The van der Waals surface area contributed by atoms with Crippen LogP contribution < -0.4 is 5.56 Å². The first-order valence-electron chi connectivity index (χ1n) is 7.44. The molecule has 0 bridgehead atoms. The SMILES string of the molecule is COCCc1cnc2cc(C#Cc3cccc(F)c3)ccn2c1=O. The Morgan fingerprint density at radius 3 is 2.75 bits per heavy atom. The van der Waals surface area contributed by atoms with Gasteiger partial charge in [-0.2, -0.15) is 0 Å². The first-order chi connectivity index (χ1) is 11.7. The van der Waals surface area contributed by atoms with E-state index in [0.717, 1.165) is 0 Å². The number of methoxy groups -OCH3 is 1. The van der Waals surface area contributed by atoms with Gasteiger partial charge in [0, 0.05) is 42.6 Å². The molecule has 0 saturated heterocycles. The zero-order chi connectivity index (χ0) is 16.9. The monoisotopic (exact) mass is 322 g/mol. The molecule has 0 amide bonds. The van der Waals surface area contributed by atoms with Crippen LogP contribution in [0.2, 0.25) is 0 Å². The second-order valence-electron chi connectivity index (χ2n) is 5.24. The summed E-state index contributed by atoms with van der Waals surface area (Å²) in [5.74, 6) is 5.53. The van der Waals surface area contributed by atoms with Crippen molar-refractivity contribution in [3.05, 3.63) is 81.7 Å². The number of ether oxygens (including phenoxy) is 1. The minimum Gasteiger partial charge on any atom is -0.384 e. The lowest BCUT2D eigenvalue weighted by atomic mass is 10.2. The van der Waals surface area contributed by atoms with Gasteiger partial charge in [-0.1, -0.05) is 17.9 Å². The van der Waals surface area contributed by atoms with Crippen LogP contribution in [0, 0.1) is 17.7 Å². The van der Waals surface area contributed by atoms with Crippen LogP contribution in [0.4, 0.5) is 4.39 Å². The summed E-state index contributed by atoms with van der Waals surface area (Å²) >= 11 is 0. The first kappa shape index (κ1) is 15.9. The number of halogens is 1. The molecule has 0 radical (unpaired) electrons. The molecule has 4 nitrogen and oxygen atoms in total. The Labute approximate surface area is 138 Å². The third kappa shape index (κ3) is 3.50. The number of aromatic nitrogens is 2. The fraction of sp³-hybridized carbons (Fsp3) is 0.158. The van der Waals surface area contributed by atoms with E-state index < -0.39 is 0 Å². The highest BCUT2D eigenvalue weighted by Gasteiger charge is 2.05. The molecule has 0 atom stereocenters. The second-order valence-corrected chi connectivity index (χ2v) is 5.24. The van der Waals surface area contributed by atoms with Gasteiger partial charge in [0.1, 0.15) is 11.5 Å². The molecule has 0 unspecified atom stereocenters. The number of hydrogen-bond donors (Lipinski definition) is 0. The Bertz CT molecular complexity index is 999. The van der Waals surface area contributed by atoms with Gasteiger partial charge in [0.25, 0.3) is 5.56 Å². The average molecular weight is 322 g/mol. The van der Waals surface area contributed by atoms with Crippen LogP contribution in [0.1, 0.15) is 16.7 Å². The molecule has 3 aromatic rings. The van der Waals surface area contributed by atoms with Gasteiger partial charge in [0.2, 0.25) is 0 Å². The lowest BCUT2D eigenvalue weighted by Gasteiger charge is -2.04. The van der Waals surface area contributed by atoms with E-state index in [1.165, 1.54) is 16.5 Å². The summed E-state index contributed by atoms with van der Waals surface area (Å²) in [5.41, 5.74) is 2.31.